The molecule has 0 aromatic heterocycles. The summed E-state index contributed by atoms with van der Waals surface area (Å²) in [6, 6.07) is 6.41. The number of carbonyl (C=O) groups excluding carboxylic acids is 1. The van der Waals surface area contributed by atoms with Gasteiger partial charge in [0, 0.05) is 26.2 Å². The third-order valence-electron chi connectivity index (χ3n) is 6.28. The molecule has 0 N–H and O–H groups in total. The molecule has 5 nitrogen and oxygen atoms in total. The third kappa shape index (κ3) is 4.19. The van der Waals surface area contributed by atoms with Gasteiger partial charge in [-0.05, 0) is 43.4 Å². The molecule has 2 aliphatic rings. The minimum atomic E-state index is -3.23. The van der Waals surface area contributed by atoms with Gasteiger partial charge in [-0.3, -0.25) is 4.79 Å². The lowest BCUT2D eigenvalue weighted by Crippen LogP contribution is -2.53. The normalized spacial score (nSPS) is 21.4. The molecule has 1 aromatic rings. The SMILES string of the molecule is CN(C1CCN(C(=O)C2(c3cccc(F)c3)CCCCC2)CC1)S(C)(=O)=O. The topological polar surface area (TPSA) is 57.7 Å². The molecule has 0 spiro atoms. The van der Waals surface area contributed by atoms with Gasteiger partial charge in [0.2, 0.25) is 15.9 Å². The first-order valence-electron chi connectivity index (χ1n) is 9.72. The highest BCUT2D eigenvalue weighted by Gasteiger charge is 2.44. The zero-order chi connectivity index (χ0) is 19.7. The molecule has 1 aromatic carbocycles. The van der Waals surface area contributed by atoms with Gasteiger partial charge in [-0.25, -0.2) is 17.1 Å². The van der Waals surface area contributed by atoms with Gasteiger partial charge in [-0.15, -0.1) is 0 Å². The summed E-state index contributed by atoms with van der Waals surface area (Å²) < 4.78 is 38.8. The number of hydrogen-bond acceptors (Lipinski definition) is 3. The molecule has 1 aliphatic heterocycles. The van der Waals surface area contributed by atoms with Crippen molar-refractivity contribution in [1.82, 2.24) is 9.21 Å². The van der Waals surface area contributed by atoms with Crippen LogP contribution in [0.25, 0.3) is 0 Å². The van der Waals surface area contributed by atoms with Crippen LogP contribution in [0.2, 0.25) is 0 Å². The Morgan fingerprint density at radius 1 is 1.19 bits per heavy atom. The van der Waals surface area contributed by atoms with Crippen LogP contribution in [0.15, 0.2) is 24.3 Å². The zero-order valence-electron chi connectivity index (χ0n) is 16.2. The molecule has 150 valence electrons. The number of nitrogens with zero attached hydrogens (tertiary/aromatic N) is 2. The molecular formula is C20H29FN2O3S. The number of hydrogen-bond donors (Lipinski definition) is 0. The van der Waals surface area contributed by atoms with E-state index in [-0.39, 0.29) is 17.8 Å². The standard InChI is InChI=1S/C20H29FN2O3S/c1-22(27(2,25)26)18-9-13-23(14-10-18)19(24)20(11-4-3-5-12-20)16-7-6-8-17(21)15-16/h6-8,15,18H,3-5,9-14H2,1-2H3. The third-order valence-corrected chi connectivity index (χ3v) is 7.63. The van der Waals surface area contributed by atoms with Gasteiger partial charge in [0.1, 0.15) is 5.82 Å². The molecule has 27 heavy (non-hydrogen) atoms. The van der Waals surface area contributed by atoms with E-state index in [1.165, 1.54) is 22.7 Å². The Balaban J connectivity index is 1.78. The largest absolute Gasteiger partial charge is 0.342 e. The van der Waals surface area contributed by atoms with Gasteiger partial charge in [-0.1, -0.05) is 31.4 Å². The van der Waals surface area contributed by atoms with E-state index in [0.717, 1.165) is 37.7 Å². The van der Waals surface area contributed by atoms with E-state index in [4.69, 9.17) is 0 Å². The number of likely N-dealkylation sites (tertiary alicyclic amines) is 1. The molecule has 3 rings (SSSR count). The number of rotatable bonds is 4. The monoisotopic (exact) mass is 396 g/mol. The number of amides is 1. The molecule has 2 fully saturated rings. The Labute approximate surface area is 161 Å². The van der Waals surface area contributed by atoms with E-state index in [9.17, 15) is 17.6 Å². The van der Waals surface area contributed by atoms with Crippen molar-refractivity contribution in [2.24, 2.45) is 0 Å². The molecule has 0 bridgehead atoms. The quantitative estimate of drug-likeness (QED) is 0.786. The van der Waals surface area contributed by atoms with Crippen molar-refractivity contribution in [3.63, 3.8) is 0 Å². The molecule has 1 aliphatic carbocycles. The molecule has 0 radical (unpaired) electrons. The molecule has 7 heteroatoms. The Morgan fingerprint density at radius 3 is 2.37 bits per heavy atom. The summed E-state index contributed by atoms with van der Waals surface area (Å²) in [7, 11) is -1.63. The van der Waals surface area contributed by atoms with Gasteiger partial charge < -0.3 is 4.90 Å². The lowest BCUT2D eigenvalue weighted by atomic mass is 9.68. The van der Waals surface area contributed by atoms with Gasteiger partial charge in [0.25, 0.3) is 0 Å². The molecule has 1 amide bonds. The summed E-state index contributed by atoms with van der Waals surface area (Å²) in [5.74, 6) is -0.230. The summed E-state index contributed by atoms with van der Waals surface area (Å²) in [4.78, 5) is 15.4. The van der Waals surface area contributed by atoms with Crippen LogP contribution in [0, 0.1) is 5.82 Å². The molecule has 1 heterocycles. The summed E-state index contributed by atoms with van der Waals surface area (Å²) in [6.45, 7) is 1.08. The maximum atomic E-state index is 13.9. The second-order valence-electron chi connectivity index (χ2n) is 7.96. The van der Waals surface area contributed by atoms with Crippen LogP contribution in [0.4, 0.5) is 4.39 Å². The van der Waals surface area contributed by atoms with Crippen LogP contribution in [-0.2, 0) is 20.2 Å². The van der Waals surface area contributed by atoms with Crippen LogP contribution in [0.5, 0.6) is 0 Å². The first kappa shape index (κ1) is 20.3. The maximum absolute atomic E-state index is 13.9. The summed E-state index contributed by atoms with van der Waals surface area (Å²) in [5.41, 5.74) is 0.137. The second kappa shape index (κ2) is 7.87. The van der Waals surface area contributed by atoms with Crippen molar-refractivity contribution in [1.29, 1.82) is 0 Å². The predicted octanol–water partition coefficient (Wildman–Crippen LogP) is 2.91. The zero-order valence-corrected chi connectivity index (χ0v) is 17.0. The van der Waals surface area contributed by atoms with E-state index in [0.29, 0.717) is 25.9 Å². The summed E-state index contributed by atoms with van der Waals surface area (Å²) in [6.07, 6.45) is 7.02. The van der Waals surface area contributed by atoms with Crippen LogP contribution in [-0.4, -0.2) is 56.0 Å². The van der Waals surface area contributed by atoms with Crippen LogP contribution in [0.3, 0.4) is 0 Å². The number of carbonyl (C=O) groups is 1. The van der Waals surface area contributed by atoms with Crippen molar-refractivity contribution in [3.8, 4) is 0 Å². The average Bonchev–Trinajstić information content (AvgIpc) is 2.67. The van der Waals surface area contributed by atoms with Crippen molar-refractivity contribution in [2.75, 3.05) is 26.4 Å². The van der Waals surface area contributed by atoms with Crippen molar-refractivity contribution >= 4 is 15.9 Å². The minimum absolute atomic E-state index is 0.0690. The van der Waals surface area contributed by atoms with Gasteiger partial charge >= 0.3 is 0 Å². The fourth-order valence-electron chi connectivity index (χ4n) is 4.57. The van der Waals surface area contributed by atoms with Crippen molar-refractivity contribution in [3.05, 3.63) is 35.6 Å². The minimum Gasteiger partial charge on any atom is -0.342 e. The Hall–Kier alpha value is -1.47. The molecule has 0 unspecified atom stereocenters. The highest BCUT2D eigenvalue weighted by molar-refractivity contribution is 7.88. The molecule has 1 saturated heterocycles. The van der Waals surface area contributed by atoms with Crippen molar-refractivity contribution < 1.29 is 17.6 Å². The van der Waals surface area contributed by atoms with Crippen LogP contribution in [0.1, 0.15) is 50.5 Å². The fraction of sp³-hybridized carbons (Fsp3) is 0.650. The summed E-state index contributed by atoms with van der Waals surface area (Å²) >= 11 is 0. The van der Waals surface area contributed by atoms with E-state index >= 15 is 0 Å². The van der Waals surface area contributed by atoms with E-state index < -0.39 is 15.4 Å². The van der Waals surface area contributed by atoms with Gasteiger partial charge in [-0.2, -0.15) is 0 Å². The highest BCUT2D eigenvalue weighted by atomic mass is 32.2. The first-order chi connectivity index (χ1) is 12.7. The van der Waals surface area contributed by atoms with Crippen LogP contribution >= 0.6 is 0 Å². The average molecular weight is 397 g/mol. The fourth-order valence-corrected chi connectivity index (χ4v) is 5.33. The molecular weight excluding hydrogens is 367 g/mol. The van der Waals surface area contributed by atoms with Crippen LogP contribution < -0.4 is 0 Å². The lowest BCUT2D eigenvalue weighted by Gasteiger charge is -2.43. The maximum Gasteiger partial charge on any atom is 0.233 e. The smallest absolute Gasteiger partial charge is 0.233 e. The van der Waals surface area contributed by atoms with E-state index in [2.05, 4.69) is 0 Å². The van der Waals surface area contributed by atoms with E-state index in [1.807, 2.05) is 11.0 Å². The Bertz CT molecular complexity index is 782. The number of sulfonamides is 1. The number of halogens is 1. The Kier molecular flexibility index (Phi) is 5.91. The van der Waals surface area contributed by atoms with E-state index in [1.54, 1.807) is 13.1 Å². The highest BCUT2D eigenvalue weighted by Crippen LogP contribution is 2.41. The molecule has 0 atom stereocenters. The molecule has 1 saturated carbocycles. The predicted molar refractivity (Wildman–Crippen MR) is 103 cm³/mol. The van der Waals surface area contributed by atoms with Crippen molar-refractivity contribution in [2.45, 2.75) is 56.4 Å². The van der Waals surface area contributed by atoms with Gasteiger partial charge in [0.05, 0.1) is 11.7 Å². The second-order valence-corrected chi connectivity index (χ2v) is 10.00. The first-order valence-corrected chi connectivity index (χ1v) is 11.6. The summed E-state index contributed by atoms with van der Waals surface area (Å²) in [5, 5.41) is 0. The number of piperidine rings is 1. The van der Waals surface area contributed by atoms with Gasteiger partial charge in [0.15, 0.2) is 0 Å². The number of benzene rings is 1. The lowest BCUT2D eigenvalue weighted by molar-refractivity contribution is -0.140. The Morgan fingerprint density at radius 2 is 1.81 bits per heavy atom.